The third kappa shape index (κ3) is 5.81. The summed E-state index contributed by atoms with van der Waals surface area (Å²) in [4.78, 5) is 11.8. The molecule has 0 atom stereocenters. The smallest absolute Gasteiger partial charge is 0.251 e. The molecule has 0 heterocycles. The molecule has 6 nitrogen and oxygen atoms in total. The quantitative estimate of drug-likeness (QED) is 0.601. The van der Waals surface area contributed by atoms with Crippen LogP contribution in [0.25, 0.3) is 0 Å². The van der Waals surface area contributed by atoms with Gasteiger partial charge in [-0.05, 0) is 24.3 Å². The van der Waals surface area contributed by atoms with Crippen LogP contribution in [0.3, 0.4) is 0 Å². The van der Waals surface area contributed by atoms with Gasteiger partial charge in [0.15, 0.2) is 0 Å². The Bertz CT molecular complexity index is 529. The number of benzene rings is 1. The van der Waals surface area contributed by atoms with Crippen LogP contribution in [0, 0.1) is 0 Å². The molecule has 0 spiro atoms. The normalized spacial score (nSPS) is 11.1. The molecule has 0 aliphatic heterocycles. The van der Waals surface area contributed by atoms with Crippen molar-refractivity contribution in [2.45, 2.75) is 0 Å². The van der Waals surface area contributed by atoms with E-state index >= 15 is 0 Å². The number of methoxy groups -OCH3 is 1. The summed E-state index contributed by atoms with van der Waals surface area (Å²) in [7, 11) is -1.83. The summed E-state index contributed by atoms with van der Waals surface area (Å²) >= 11 is 3.91. The van der Waals surface area contributed by atoms with Crippen molar-refractivity contribution in [3.8, 4) is 5.75 Å². The van der Waals surface area contributed by atoms with Crippen LogP contribution < -0.4 is 14.8 Å². The molecule has 112 valence electrons. The third-order valence-electron chi connectivity index (χ3n) is 2.44. The van der Waals surface area contributed by atoms with Gasteiger partial charge in [-0.2, -0.15) is 12.6 Å². The standard InChI is InChI=1S/C12H18N2O4S2/c1-18-11-4-2-10(3-5-11)12(15)13-7-9-20(16,17)14-6-8-19/h2-5,14,19H,6-9H2,1H3,(H,13,15). The maximum Gasteiger partial charge on any atom is 0.251 e. The highest BCUT2D eigenvalue weighted by Gasteiger charge is 2.10. The number of hydrogen-bond donors (Lipinski definition) is 3. The second-order valence-corrected chi connectivity index (χ2v) is 6.29. The zero-order chi connectivity index (χ0) is 15.0. The van der Waals surface area contributed by atoms with E-state index < -0.39 is 10.0 Å². The fourth-order valence-corrected chi connectivity index (χ4v) is 2.61. The molecule has 1 aromatic carbocycles. The first-order chi connectivity index (χ1) is 9.48. The molecule has 0 aliphatic carbocycles. The van der Waals surface area contributed by atoms with Crippen LogP contribution >= 0.6 is 12.6 Å². The average molecular weight is 318 g/mol. The van der Waals surface area contributed by atoms with Gasteiger partial charge in [0.25, 0.3) is 5.91 Å². The first kappa shape index (κ1) is 16.8. The van der Waals surface area contributed by atoms with E-state index in [1.807, 2.05) is 0 Å². The summed E-state index contributed by atoms with van der Waals surface area (Å²) in [6.07, 6.45) is 0. The highest BCUT2D eigenvalue weighted by molar-refractivity contribution is 7.89. The maximum absolute atomic E-state index is 11.8. The molecule has 1 aromatic rings. The van der Waals surface area contributed by atoms with Crippen LogP contribution in [0.1, 0.15) is 10.4 Å². The summed E-state index contributed by atoms with van der Waals surface area (Å²) in [5, 5.41) is 2.55. The van der Waals surface area contributed by atoms with E-state index in [4.69, 9.17) is 4.74 Å². The van der Waals surface area contributed by atoms with E-state index in [2.05, 4.69) is 22.7 Å². The molecule has 0 aliphatic rings. The number of ether oxygens (including phenoxy) is 1. The summed E-state index contributed by atoms with van der Waals surface area (Å²) in [5.41, 5.74) is 0.450. The fraction of sp³-hybridized carbons (Fsp3) is 0.417. The minimum Gasteiger partial charge on any atom is -0.497 e. The van der Waals surface area contributed by atoms with Crippen LogP contribution in [-0.4, -0.2) is 46.0 Å². The van der Waals surface area contributed by atoms with E-state index in [-0.39, 0.29) is 24.7 Å². The zero-order valence-corrected chi connectivity index (χ0v) is 12.8. The van der Waals surface area contributed by atoms with Crippen molar-refractivity contribution in [3.05, 3.63) is 29.8 Å². The predicted molar refractivity (Wildman–Crippen MR) is 81.0 cm³/mol. The molecule has 0 aromatic heterocycles. The number of carbonyl (C=O) groups is 1. The second-order valence-electron chi connectivity index (χ2n) is 3.92. The second kappa shape index (κ2) is 8.13. The van der Waals surface area contributed by atoms with Crippen LogP contribution in [0.2, 0.25) is 0 Å². The van der Waals surface area contributed by atoms with Gasteiger partial charge in [0.05, 0.1) is 12.9 Å². The third-order valence-corrected chi connectivity index (χ3v) is 4.05. The van der Waals surface area contributed by atoms with Gasteiger partial charge in [-0.1, -0.05) is 0 Å². The van der Waals surface area contributed by atoms with Gasteiger partial charge in [0, 0.05) is 24.4 Å². The number of sulfonamides is 1. The Balaban J connectivity index is 2.43. The van der Waals surface area contributed by atoms with E-state index in [0.29, 0.717) is 17.1 Å². The van der Waals surface area contributed by atoms with Crippen LogP contribution in [-0.2, 0) is 10.0 Å². The van der Waals surface area contributed by atoms with Crippen molar-refractivity contribution >= 4 is 28.6 Å². The molecule has 0 radical (unpaired) electrons. The van der Waals surface area contributed by atoms with Gasteiger partial charge in [-0.3, -0.25) is 4.79 Å². The number of rotatable bonds is 8. The summed E-state index contributed by atoms with van der Waals surface area (Å²) < 4.78 is 30.3. The van der Waals surface area contributed by atoms with Gasteiger partial charge < -0.3 is 10.1 Å². The molecule has 0 bridgehead atoms. The van der Waals surface area contributed by atoms with Crippen LogP contribution in [0.4, 0.5) is 0 Å². The molecule has 0 saturated heterocycles. The Morgan fingerprint density at radius 2 is 1.90 bits per heavy atom. The molecule has 0 unspecified atom stereocenters. The first-order valence-electron chi connectivity index (χ1n) is 5.99. The van der Waals surface area contributed by atoms with E-state index in [1.165, 1.54) is 7.11 Å². The van der Waals surface area contributed by atoms with Crippen molar-refractivity contribution in [1.29, 1.82) is 0 Å². The molecule has 0 fully saturated rings. The minimum atomic E-state index is -3.37. The number of amides is 1. The lowest BCUT2D eigenvalue weighted by Gasteiger charge is -2.07. The Morgan fingerprint density at radius 1 is 1.25 bits per heavy atom. The van der Waals surface area contributed by atoms with Gasteiger partial charge in [-0.15, -0.1) is 0 Å². The Labute approximate surface area is 124 Å². The summed E-state index contributed by atoms with van der Waals surface area (Å²) in [6.45, 7) is 0.324. The maximum atomic E-state index is 11.8. The summed E-state index contributed by atoms with van der Waals surface area (Å²) in [5.74, 6) is 0.595. The van der Waals surface area contributed by atoms with E-state index in [9.17, 15) is 13.2 Å². The molecule has 1 rings (SSSR count). The monoisotopic (exact) mass is 318 g/mol. The molecule has 0 saturated carbocycles. The molecule has 8 heteroatoms. The van der Waals surface area contributed by atoms with Crippen molar-refractivity contribution < 1.29 is 17.9 Å². The topological polar surface area (TPSA) is 84.5 Å². The highest BCUT2D eigenvalue weighted by Crippen LogP contribution is 2.10. The van der Waals surface area contributed by atoms with Gasteiger partial charge >= 0.3 is 0 Å². The highest BCUT2D eigenvalue weighted by atomic mass is 32.2. The lowest BCUT2D eigenvalue weighted by Crippen LogP contribution is -2.35. The Hall–Kier alpha value is -1.25. The zero-order valence-electron chi connectivity index (χ0n) is 11.1. The van der Waals surface area contributed by atoms with Gasteiger partial charge in [0.1, 0.15) is 5.75 Å². The molecular formula is C12H18N2O4S2. The fourth-order valence-electron chi connectivity index (χ4n) is 1.42. The van der Waals surface area contributed by atoms with Crippen LogP contribution in [0.5, 0.6) is 5.75 Å². The van der Waals surface area contributed by atoms with Crippen molar-refractivity contribution in [2.75, 3.05) is 31.7 Å². The van der Waals surface area contributed by atoms with E-state index in [0.717, 1.165) is 0 Å². The number of carbonyl (C=O) groups excluding carboxylic acids is 1. The molecule has 1 amide bonds. The predicted octanol–water partition coefficient (Wildman–Crippen LogP) is 0.274. The lowest BCUT2D eigenvalue weighted by molar-refractivity contribution is 0.0956. The number of hydrogen-bond acceptors (Lipinski definition) is 5. The van der Waals surface area contributed by atoms with Crippen molar-refractivity contribution in [1.82, 2.24) is 10.0 Å². The Kier molecular flexibility index (Phi) is 6.83. The van der Waals surface area contributed by atoms with E-state index in [1.54, 1.807) is 24.3 Å². The largest absolute Gasteiger partial charge is 0.497 e. The molecule has 20 heavy (non-hydrogen) atoms. The first-order valence-corrected chi connectivity index (χ1v) is 8.27. The SMILES string of the molecule is COc1ccc(C(=O)NCCS(=O)(=O)NCCS)cc1. The number of thiol groups is 1. The van der Waals surface area contributed by atoms with Crippen molar-refractivity contribution in [2.24, 2.45) is 0 Å². The molecular weight excluding hydrogens is 300 g/mol. The Morgan fingerprint density at radius 3 is 2.45 bits per heavy atom. The average Bonchev–Trinajstić information content (AvgIpc) is 2.45. The molecule has 2 N–H and O–H groups in total. The lowest BCUT2D eigenvalue weighted by atomic mass is 10.2. The van der Waals surface area contributed by atoms with Gasteiger partial charge in [0.2, 0.25) is 10.0 Å². The minimum absolute atomic E-state index is 0.0484. The van der Waals surface area contributed by atoms with Crippen LogP contribution in [0.15, 0.2) is 24.3 Å². The summed E-state index contributed by atoms with van der Waals surface area (Å²) in [6, 6.07) is 6.56. The number of nitrogens with one attached hydrogen (secondary N) is 2. The van der Waals surface area contributed by atoms with Gasteiger partial charge in [-0.25, -0.2) is 13.1 Å². The van der Waals surface area contributed by atoms with Crippen molar-refractivity contribution in [3.63, 3.8) is 0 Å².